The number of rotatable bonds is 5. The van der Waals surface area contributed by atoms with Crippen molar-refractivity contribution < 1.29 is 5.11 Å². The molecule has 0 atom stereocenters. The topological polar surface area (TPSA) is 20.2 Å². The van der Waals surface area contributed by atoms with E-state index in [0.717, 1.165) is 5.57 Å². The maximum Gasteiger partial charge on any atom is 0.0617 e. The fourth-order valence-electron chi connectivity index (χ4n) is 2.84. The van der Waals surface area contributed by atoms with Gasteiger partial charge in [0.2, 0.25) is 0 Å². The quantitative estimate of drug-likeness (QED) is 0.661. The molecule has 0 saturated heterocycles. The summed E-state index contributed by atoms with van der Waals surface area (Å²) in [5.74, 6) is 0. The van der Waals surface area contributed by atoms with Crippen molar-refractivity contribution in [1.82, 2.24) is 0 Å². The second kappa shape index (κ2) is 8.19. The summed E-state index contributed by atoms with van der Waals surface area (Å²) in [7, 11) is 0. The minimum absolute atomic E-state index is 0.0985. The Kier molecular flexibility index (Phi) is 6.91. The molecule has 0 bridgehead atoms. The molecule has 21 heavy (non-hydrogen) atoms. The van der Waals surface area contributed by atoms with E-state index in [-0.39, 0.29) is 6.61 Å². The standard InChI is InChI=1S/C20H30O/c1-16(8-6-9-17(2)13-15-21)11-12-19-18(3)10-7-14-20(19,4)5/h6,8-9,11-13,21H,7,10,14-15H2,1-5H3/b9-6+,12-11?,16-8?,17-13-. The van der Waals surface area contributed by atoms with Crippen molar-refractivity contribution in [2.75, 3.05) is 6.61 Å². The highest BCUT2D eigenvalue weighted by Gasteiger charge is 2.26. The largest absolute Gasteiger partial charge is 0.392 e. The molecule has 1 aliphatic rings. The number of aliphatic hydroxyl groups excluding tert-OH is 1. The lowest BCUT2D eigenvalue weighted by Gasteiger charge is -2.32. The minimum atomic E-state index is 0.0985. The third kappa shape index (κ3) is 5.89. The van der Waals surface area contributed by atoms with Crippen LogP contribution in [-0.4, -0.2) is 11.7 Å². The Morgan fingerprint density at radius 3 is 2.52 bits per heavy atom. The van der Waals surface area contributed by atoms with Gasteiger partial charge >= 0.3 is 0 Å². The highest BCUT2D eigenvalue weighted by molar-refractivity contribution is 5.37. The van der Waals surface area contributed by atoms with Gasteiger partial charge in [-0.25, -0.2) is 0 Å². The van der Waals surface area contributed by atoms with Gasteiger partial charge in [-0.15, -0.1) is 0 Å². The highest BCUT2D eigenvalue weighted by atomic mass is 16.2. The van der Waals surface area contributed by atoms with Gasteiger partial charge in [-0.1, -0.05) is 67.0 Å². The fraction of sp³-hybridized carbons (Fsp3) is 0.500. The second-order valence-electron chi connectivity index (χ2n) is 6.67. The zero-order valence-electron chi connectivity index (χ0n) is 14.2. The zero-order chi connectivity index (χ0) is 15.9. The molecule has 0 aromatic rings. The van der Waals surface area contributed by atoms with Crippen molar-refractivity contribution in [2.24, 2.45) is 5.41 Å². The van der Waals surface area contributed by atoms with Crippen molar-refractivity contribution in [3.63, 3.8) is 0 Å². The van der Waals surface area contributed by atoms with Crippen molar-refractivity contribution in [3.8, 4) is 0 Å². The molecule has 0 fully saturated rings. The molecule has 0 amide bonds. The molecular formula is C20H30O. The van der Waals surface area contributed by atoms with Crippen LogP contribution in [0.1, 0.15) is 53.9 Å². The fourth-order valence-corrected chi connectivity index (χ4v) is 2.84. The summed E-state index contributed by atoms with van der Waals surface area (Å²) in [4.78, 5) is 0. The summed E-state index contributed by atoms with van der Waals surface area (Å²) in [6, 6.07) is 0. The van der Waals surface area contributed by atoms with Gasteiger partial charge in [0.15, 0.2) is 0 Å². The van der Waals surface area contributed by atoms with E-state index in [9.17, 15) is 0 Å². The first-order valence-corrected chi connectivity index (χ1v) is 7.87. The summed E-state index contributed by atoms with van der Waals surface area (Å²) in [5.41, 5.74) is 5.66. The van der Waals surface area contributed by atoms with Crippen LogP contribution in [0, 0.1) is 5.41 Å². The van der Waals surface area contributed by atoms with Crippen LogP contribution in [0.3, 0.4) is 0 Å². The Morgan fingerprint density at radius 2 is 1.90 bits per heavy atom. The average Bonchev–Trinajstić information content (AvgIpc) is 2.37. The van der Waals surface area contributed by atoms with Gasteiger partial charge in [0, 0.05) is 0 Å². The molecule has 0 aromatic heterocycles. The lowest BCUT2D eigenvalue weighted by Crippen LogP contribution is -2.19. The minimum Gasteiger partial charge on any atom is -0.392 e. The maximum atomic E-state index is 8.81. The molecule has 1 aliphatic carbocycles. The molecule has 0 radical (unpaired) electrons. The molecule has 0 aromatic carbocycles. The maximum absolute atomic E-state index is 8.81. The van der Waals surface area contributed by atoms with Gasteiger partial charge in [0.25, 0.3) is 0 Å². The van der Waals surface area contributed by atoms with Crippen molar-refractivity contribution in [2.45, 2.75) is 53.9 Å². The van der Waals surface area contributed by atoms with Gasteiger partial charge in [0.05, 0.1) is 6.61 Å². The van der Waals surface area contributed by atoms with Crippen molar-refractivity contribution in [3.05, 3.63) is 58.7 Å². The summed E-state index contributed by atoms with van der Waals surface area (Å²) >= 11 is 0. The van der Waals surface area contributed by atoms with Crippen LogP contribution in [0.25, 0.3) is 0 Å². The van der Waals surface area contributed by atoms with Gasteiger partial charge in [-0.3, -0.25) is 0 Å². The third-order valence-corrected chi connectivity index (χ3v) is 4.19. The van der Waals surface area contributed by atoms with Crippen molar-refractivity contribution in [1.29, 1.82) is 0 Å². The van der Waals surface area contributed by atoms with Crippen LogP contribution in [0.5, 0.6) is 0 Å². The predicted octanol–water partition coefficient (Wildman–Crippen LogP) is 5.51. The van der Waals surface area contributed by atoms with Crippen LogP contribution in [0.15, 0.2) is 58.7 Å². The van der Waals surface area contributed by atoms with E-state index in [1.54, 1.807) is 6.08 Å². The van der Waals surface area contributed by atoms with Crippen LogP contribution in [0.2, 0.25) is 0 Å². The van der Waals surface area contributed by atoms with Crippen LogP contribution in [-0.2, 0) is 0 Å². The molecule has 0 spiro atoms. The average molecular weight is 286 g/mol. The highest BCUT2D eigenvalue weighted by Crippen LogP contribution is 2.40. The number of aliphatic hydroxyl groups is 1. The Balaban J connectivity index is 2.78. The smallest absolute Gasteiger partial charge is 0.0617 e. The molecule has 0 unspecified atom stereocenters. The Morgan fingerprint density at radius 1 is 1.19 bits per heavy atom. The molecule has 116 valence electrons. The monoisotopic (exact) mass is 286 g/mol. The van der Waals surface area contributed by atoms with Crippen LogP contribution < -0.4 is 0 Å². The first-order valence-electron chi connectivity index (χ1n) is 7.87. The number of hydrogen-bond donors (Lipinski definition) is 1. The first kappa shape index (κ1) is 17.7. The molecule has 1 heteroatoms. The van der Waals surface area contributed by atoms with E-state index in [2.05, 4.69) is 45.9 Å². The number of allylic oxidation sites excluding steroid dienone is 9. The lowest BCUT2D eigenvalue weighted by molar-refractivity contribution is 0.342. The molecule has 1 N–H and O–H groups in total. The normalized spacial score (nSPS) is 20.9. The Bertz CT molecular complexity index is 496. The van der Waals surface area contributed by atoms with E-state index in [4.69, 9.17) is 5.11 Å². The third-order valence-electron chi connectivity index (χ3n) is 4.19. The van der Waals surface area contributed by atoms with E-state index < -0.39 is 0 Å². The van der Waals surface area contributed by atoms with Crippen LogP contribution in [0.4, 0.5) is 0 Å². The SMILES string of the molecule is CC(C=CC1=C(C)CCCC1(C)C)=C/C=C/C(C)=C\CO. The lowest BCUT2D eigenvalue weighted by atomic mass is 9.72. The van der Waals surface area contributed by atoms with E-state index in [0.29, 0.717) is 5.41 Å². The van der Waals surface area contributed by atoms with E-state index in [1.807, 2.05) is 19.1 Å². The first-order chi connectivity index (χ1) is 9.86. The molecular weight excluding hydrogens is 256 g/mol. The molecule has 0 saturated carbocycles. The molecule has 0 heterocycles. The Labute approximate surface area is 130 Å². The van der Waals surface area contributed by atoms with Gasteiger partial charge in [-0.05, 0) is 51.0 Å². The summed E-state index contributed by atoms with van der Waals surface area (Å²) in [5, 5.41) is 8.81. The second-order valence-corrected chi connectivity index (χ2v) is 6.67. The summed E-state index contributed by atoms with van der Waals surface area (Å²) in [6.45, 7) is 11.2. The molecule has 1 rings (SSSR count). The summed E-state index contributed by atoms with van der Waals surface area (Å²) in [6.07, 6.45) is 16.3. The number of hydrogen-bond acceptors (Lipinski definition) is 1. The van der Waals surface area contributed by atoms with Gasteiger partial charge < -0.3 is 5.11 Å². The summed E-state index contributed by atoms with van der Waals surface area (Å²) < 4.78 is 0. The predicted molar refractivity (Wildman–Crippen MR) is 93.2 cm³/mol. The van der Waals surface area contributed by atoms with E-state index >= 15 is 0 Å². The van der Waals surface area contributed by atoms with E-state index in [1.165, 1.54) is 36.0 Å². The molecule has 1 nitrogen and oxygen atoms in total. The van der Waals surface area contributed by atoms with Gasteiger partial charge in [-0.2, -0.15) is 0 Å². The Hall–Kier alpha value is -1.34. The zero-order valence-corrected chi connectivity index (χ0v) is 14.2. The van der Waals surface area contributed by atoms with Gasteiger partial charge in [0.1, 0.15) is 0 Å². The molecule has 0 aliphatic heterocycles. The van der Waals surface area contributed by atoms with Crippen LogP contribution >= 0.6 is 0 Å². The van der Waals surface area contributed by atoms with Crippen molar-refractivity contribution >= 4 is 0 Å².